The van der Waals surface area contributed by atoms with Crippen molar-refractivity contribution in [2.45, 2.75) is 25.7 Å². The predicted molar refractivity (Wildman–Crippen MR) is 76.4 cm³/mol. The van der Waals surface area contributed by atoms with E-state index in [1.54, 1.807) is 12.3 Å². The van der Waals surface area contributed by atoms with Crippen molar-refractivity contribution in [2.75, 3.05) is 5.32 Å². The van der Waals surface area contributed by atoms with Crippen LogP contribution >= 0.6 is 11.6 Å². The van der Waals surface area contributed by atoms with Crippen LogP contribution in [0.3, 0.4) is 0 Å². The number of aromatic hydroxyl groups is 1. The van der Waals surface area contributed by atoms with Gasteiger partial charge in [0.05, 0.1) is 5.69 Å². The maximum atomic E-state index is 11.6. The molecule has 0 spiro atoms. The summed E-state index contributed by atoms with van der Waals surface area (Å²) in [7, 11) is 0. The molecule has 0 radical (unpaired) electrons. The van der Waals surface area contributed by atoms with Crippen LogP contribution in [-0.4, -0.2) is 11.1 Å². The number of halogens is 1. The van der Waals surface area contributed by atoms with E-state index < -0.39 is 6.03 Å². The van der Waals surface area contributed by atoms with Gasteiger partial charge < -0.3 is 15.7 Å². The third kappa shape index (κ3) is 4.17. The zero-order valence-electron chi connectivity index (χ0n) is 10.5. The monoisotopic (exact) mass is 280 g/mol. The predicted octanol–water partition coefficient (Wildman–Crippen LogP) is 3.87. The molecular weight excluding hydrogens is 264 g/mol. The number of urea groups is 1. The van der Waals surface area contributed by atoms with Gasteiger partial charge in [-0.3, -0.25) is 0 Å². The second kappa shape index (κ2) is 6.48. The third-order valence-electron chi connectivity index (χ3n) is 3.19. The number of amides is 2. The normalized spacial score (nSPS) is 15.8. The molecule has 0 saturated heterocycles. The molecule has 1 aromatic rings. The van der Waals surface area contributed by atoms with Gasteiger partial charge >= 0.3 is 6.03 Å². The highest BCUT2D eigenvalue weighted by Gasteiger charge is 2.11. The van der Waals surface area contributed by atoms with Crippen molar-refractivity contribution in [3.63, 3.8) is 0 Å². The van der Waals surface area contributed by atoms with Crippen molar-refractivity contribution in [1.29, 1.82) is 0 Å². The Hall–Kier alpha value is -1.68. The van der Waals surface area contributed by atoms with Gasteiger partial charge in [0.2, 0.25) is 0 Å². The fourth-order valence-corrected chi connectivity index (χ4v) is 2.35. The number of carbonyl (C=O) groups is 1. The average Bonchev–Trinajstić information content (AvgIpc) is 2.87. The molecule has 0 aliphatic heterocycles. The SMILES string of the molecule is O=C(N/C=C/C1CCCC1)Nc1cc(Cl)ccc1O. The Morgan fingerprint density at radius 1 is 1.37 bits per heavy atom. The highest BCUT2D eigenvalue weighted by Crippen LogP contribution is 2.26. The molecule has 19 heavy (non-hydrogen) atoms. The number of carbonyl (C=O) groups excluding carboxylic acids is 1. The molecule has 0 heterocycles. The minimum Gasteiger partial charge on any atom is -0.506 e. The van der Waals surface area contributed by atoms with Gasteiger partial charge in [-0.05, 0) is 37.0 Å². The Kier molecular flexibility index (Phi) is 4.68. The van der Waals surface area contributed by atoms with E-state index >= 15 is 0 Å². The molecule has 0 aromatic heterocycles. The van der Waals surface area contributed by atoms with Crippen LogP contribution in [0.1, 0.15) is 25.7 Å². The summed E-state index contributed by atoms with van der Waals surface area (Å²) in [5, 5.41) is 15.2. The van der Waals surface area contributed by atoms with Crippen LogP contribution in [0.25, 0.3) is 0 Å². The van der Waals surface area contributed by atoms with E-state index in [0.29, 0.717) is 16.6 Å². The summed E-state index contributed by atoms with van der Waals surface area (Å²) in [6.45, 7) is 0. The van der Waals surface area contributed by atoms with Gasteiger partial charge in [-0.2, -0.15) is 0 Å². The van der Waals surface area contributed by atoms with Gasteiger partial charge in [-0.15, -0.1) is 0 Å². The molecule has 0 atom stereocenters. The first-order chi connectivity index (χ1) is 9.15. The lowest BCUT2D eigenvalue weighted by Gasteiger charge is -2.07. The molecule has 1 aromatic carbocycles. The lowest BCUT2D eigenvalue weighted by molar-refractivity contribution is 0.255. The fourth-order valence-electron chi connectivity index (χ4n) is 2.18. The Labute approximate surface area is 117 Å². The van der Waals surface area contributed by atoms with Crippen LogP contribution in [-0.2, 0) is 0 Å². The summed E-state index contributed by atoms with van der Waals surface area (Å²) < 4.78 is 0. The van der Waals surface area contributed by atoms with Gasteiger partial charge in [0, 0.05) is 11.2 Å². The lowest BCUT2D eigenvalue weighted by atomic mass is 10.1. The molecule has 1 saturated carbocycles. The highest BCUT2D eigenvalue weighted by atomic mass is 35.5. The smallest absolute Gasteiger partial charge is 0.323 e. The fraction of sp³-hybridized carbons (Fsp3) is 0.357. The van der Waals surface area contributed by atoms with Crippen molar-refractivity contribution in [3.05, 3.63) is 35.5 Å². The number of phenols is 1. The molecule has 1 aliphatic rings. The summed E-state index contributed by atoms with van der Waals surface area (Å²) in [5.41, 5.74) is 0.291. The molecular formula is C14H17ClN2O2. The Bertz CT molecular complexity index is 482. The number of nitrogens with one attached hydrogen (secondary N) is 2. The zero-order chi connectivity index (χ0) is 13.7. The summed E-state index contributed by atoms with van der Waals surface area (Å²) in [5.74, 6) is 0.555. The summed E-state index contributed by atoms with van der Waals surface area (Å²) >= 11 is 5.79. The molecule has 0 bridgehead atoms. The third-order valence-corrected chi connectivity index (χ3v) is 3.42. The molecule has 2 rings (SSSR count). The van der Waals surface area contributed by atoms with Crippen LogP contribution in [0.15, 0.2) is 30.5 Å². The van der Waals surface area contributed by atoms with Crippen molar-refractivity contribution in [1.82, 2.24) is 5.32 Å². The van der Waals surface area contributed by atoms with E-state index in [1.807, 2.05) is 6.08 Å². The van der Waals surface area contributed by atoms with Gasteiger partial charge in [-0.25, -0.2) is 4.79 Å². The molecule has 1 aliphatic carbocycles. The largest absolute Gasteiger partial charge is 0.506 e. The maximum absolute atomic E-state index is 11.6. The number of allylic oxidation sites excluding steroid dienone is 1. The number of benzene rings is 1. The van der Waals surface area contributed by atoms with Crippen LogP contribution in [0.2, 0.25) is 5.02 Å². The van der Waals surface area contributed by atoms with Gasteiger partial charge in [0.15, 0.2) is 0 Å². The van der Waals surface area contributed by atoms with Crippen LogP contribution in [0.5, 0.6) is 5.75 Å². The lowest BCUT2D eigenvalue weighted by Crippen LogP contribution is -2.24. The number of hydrogen-bond acceptors (Lipinski definition) is 2. The minimum atomic E-state index is -0.396. The van der Waals surface area contributed by atoms with Crippen LogP contribution < -0.4 is 10.6 Å². The zero-order valence-corrected chi connectivity index (χ0v) is 11.3. The van der Waals surface area contributed by atoms with Crippen LogP contribution in [0, 0.1) is 5.92 Å². The molecule has 1 fully saturated rings. The van der Waals surface area contributed by atoms with Gasteiger partial charge in [-0.1, -0.05) is 30.5 Å². The Morgan fingerprint density at radius 2 is 2.11 bits per heavy atom. The van der Waals surface area contributed by atoms with E-state index in [1.165, 1.54) is 37.8 Å². The quantitative estimate of drug-likeness (QED) is 0.736. The number of hydrogen-bond donors (Lipinski definition) is 3. The minimum absolute atomic E-state index is 0.0145. The van der Waals surface area contributed by atoms with Gasteiger partial charge in [0.25, 0.3) is 0 Å². The maximum Gasteiger partial charge on any atom is 0.323 e. The number of phenolic OH excluding ortho intramolecular Hbond substituents is 1. The first kappa shape index (κ1) is 13.7. The first-order valence-electron chi connectivity index (χ1n) is 6.38. The topological polar surface area (TPSA) is 61.4 Å². The van der Waals surface area contributed by atoms with E-state index in [9.17, 15) is 9.90 Å². The van der Waals surface area contributed by atoms with Crippen molar-refractivity contribution >= 4 is 23.3 Å². The van der Waals surface area contributed by atoms with Crippen molar-refractivity contribution < 1.29 is 9.90 Å². The second-order valence-corrected chi connectivity index (χ2v) is 5.10. The molecule has 5 heteroatoms. The van der Waals surface area contributed by atoms with E-state index in [4.69, 9.17) is 11.6 Å². The first-order valence-corrected chi connectivity index (χ1v) is 6.75. The van der Waals surface area contributed by atoms with Crippen molar-refractivity contribution in [3.8, 4) is 5.75 Å². The highest BCUT2D eigenvalue weighted by molar-refractivity contribution is 6.31. The van der Waals surface area contributed by atoms with Crippen LogP contribution in [0.4, 0.5) is 10.5 Å². The van der Waals surface area contributed by atoms with Gasteiger partial charge in [0.1, 0.15) is 5.75 Å². The van der Waals surface area contributed by atoms with E-state index in [2.05, 4.69) is 10.6 Å². The molecule has 102 valence electrons. The Morgan fingerprint density at radius 3 is 2.84 bits per heavy atom. The number of anilines is 1. The van der Waals surface area contributed by atoms with Crippen molar-refractivity contribution in [2.24, 2.45) is 5.92 Å². The second-order valence-electron chi connectivity index (χ2n) is 4.66. The number of rotatable bonds is 3. The average molecular weight is 281 g/mol. The molecule has 0 unspecified atom stereocenters. The summed E-state index contributed by atoms with van der Waals surface area (Å²) in [6.07, 6.45) is 8.58. The molecule has 4 nitrogen and oxygen atoms in total. The summed E-state index contributed by atoms with van der Waals surface area (Å²) in [4.78, 5) is 11.6. The summed E-state index contributed by atoms with van der Waals surface area (Å²) in [6, 6.07) is 4.09. The molecule has 3 N–H and O–H groups in total. The molecule has 2 amide bonds. The van der Waals surface area contributed by atoms with E-state index in [0.717, 1.165) is 0 Å². The standard InChI is InChI=1S/C14H17ClN2O2/c15-11-5-6-13(18)12(9-11)17-14(19)16-8-7-10-3-1-2-4-10/h5-10,18H,1-4H2,(H2,16,17,19)/b8-7+. The van der Waals surface area contributed by atoms with E-state index in [-0.39, 0.29) is 5.75 Å². The Balaban J connectivity index is 1.85.